The van der Waals surface area contributed by atoms with Crippen LogP contribution in [0, 0.1) is 6.92 Å². The maximum absolute atomic E-state index is 12.4. The second kappa shape index (κ2) is 5.69. The Hall–Kier alpha value is -1.53. The fraction of sp³-hybridized carbons (Fsp3) is 0.133. The van der Waals surface area contributed by atoms with Crippen LogP contribution in [0.1, 0.15) is 15.9 Å². The number of benzene rings is 2. The Bertz CT molecular complexity index is 731. The van der Waals surface area contributed by atoms with E-state index in [9.17, 15) is 4.79 Å². The van der Waals surface area contributed by atoms with E-state index in [0.717, 1.165) is 15.7 Å². The van der Waals surface area contributed by atoms with Gasteiger partial charge in [-0.05, 0) is 52.7 Å². The van der Waals surface area contributed by atoms with Gasteiger partial charge in [-0.3, -0.25) is 4.79 Å². The van der Waals surface area contributed by atoms with E-state index >= 15 is 0 Å². The van der Waals surface area contributed by atoms with Crippen LogP contribution in [0.25, 0.3) is 0 Å². The van der Waals surface area contributed by atoms with E-state index in [1.807, 2.05) is 25.1 Å². The van der Waals surface area contributed by atoms with Gasteiger partial charge in [-0.1, -0.05) is 22.0 Å². The highest BCUT2D eigenvalue weighted by Gasteiger charge is 2.20. The average molecular weight is 413 g/mol. The van der Waals surface area contributed by atoms with E-state index in [4.69, 9.17) is 9.47 Å². The number of hydrogen-bond donors (Lipinski definition) is 1. The van der Waals surface area contributed by atoms with Gasteiger partial charge < -0.3 is 14.8 Å². The molecule has 1 amide bonds. The van der Waals surface area contributed by atoms with Gasteiger partial charge in [0.25, 0.3) is 5.91 Å². The van der Waals surface area contributed by atoms with Gasteiger partial charge in [0.05, 0.1) is 5.56 Å². The molecule has 0 radical (unpaired) electrons. The Balaban J connectivity index is 1.91. The molecule has 1 heterocycles. The summed E-state index contributed by atoms with van der Waals surface area (Å²) in [5.41, 5.74) is 2.24. The Morgan fingerprint density at radius 2 is 1.86 bits per heavy atom. The molecule has 21 heavy (non-hydrogen) atoms. The third-order valence-electron chi connectivity index (χ3n) is 3.22. The van der Waals surface area contributed by atoms with Gasteiger partial charge in [-0.2, -0.15) is 0 Å². The van der Waals surface area contributed by atoms with Crippen LogP contribution in [0.5, 0.6) is 11.5 Å². The second-order valence-electron chi connectivity index (χ2n) is 4.55. The molecule has 2 aromatic carbocycles. The maximum Gasteiger partial charge on any atom is 0.256 e. The maximum atomic E-state index is 12.4. The first-order chi connectivity index (χ1) is 10.1. The van der Waals surface area contributed by atoms with E-state index in [0.29, 0.717) is 21.5 Å². The Morgan fingerprint density at radius 3 is 2.62 bits per heavy atom. The van der Waals surface area contributed by atoms with Gasteiger partial charge in [-0.25, -0.2) is 0 Å². The van der Waals surface area contributed by atoms with Gasteiger partial charge in [0.15, 0.2) is 11.5 Å². The van der Waals surface area contributed by atoms with Crippen molar-refractivity contribution in [3.8, 4) is 11.5 Å². The lowest BCUT2D eigenvalue weighted by molar-refractivity contribution is 0.102. The number of hydrogen-bond acceptors (Lipinski definition) is 3. The molecule has 3 rings (SSSR count). The quantitative estimate of drug-likeness (QED) is 0.789. The third kappa shape index (κ3) is 2.78. The molecule has 0 aromatic heterocycles. The van der Waals surface area contributed by atoms with Crippen LogP contribution in [-0.4, -0.2) is 12.7 Å². The van der Waals surface area contributed by atoms with Gasteiger partial charge in [0, 0.05) is 14.6 Å². The van der Waals surface area contributed by atoms with Gasteiger partial charge in [0.2, 0.25) is 6.79 Å². The molecule has 0 bridgehead atoms. The SMILES string of the molecule is Cc1c(Br)cccc1NC(=O)c1cc2c(cc1Br)OCO2. The molecule has 0 unspecified atom stereocenters. The van der Waals surface area contributed by atoms with E-state index in [2.05, 4.69) is 37.2 Å². The standard InChI is InChI=1S/C15H11Br2NO3/c1-8-10(16)3-2-4-12(8)18-15(19)9-5-13-14(6-11(9)17)21-7-20-13/h2-6H,7H2,1H3,(H,18,19). The zero-order valence-electron chi connectivity index (χ0n) is 11.1. The Labute approximate surface area is 138 Å². The summed E-state index contributed by atoms with van der Waals surface area (Å²) < 4.78 is 12.2. The lowest BCUT2D eigenvalue weighted by Gasteiger charge is -2.11. The number of nitrogens with one attached hydrogen (secondary N) is 1. The van der Waals surface area contributed by atoms with Crippen molar-refractivity contribution >= 4 is 43.5 Å². The van der Waals surface area contributed by atoms with Crippen LogP contribution in [0.2, 0.25) is 0 Å². The van der Waals surface area contributed by atoms with Crippen molar-refractivity contribution in [1.29, 1.82) is 0 Å². The van der Waals surface area contributed by atoms with E-state index < -0.39 is 0 Å². The molecule has 6 heteroatoms. The molecule has 108 valence electrons. The molecule has 1 aliphatic heterocycles. The summed E-state index contributed by atoms with van der Waals surface area (Å²) in [5, 5.41) is 2.90. The van der Waals surface area contributed by atoms with Crippen molar-refractivity contribution in [2.75, 3.05) is 12.1 Å². The highest BCUT2D eigenvalue weighted by molar-refractivity contribution is 9.10. The third-order valence-corrected chi connectivity index (χ3v) is 4.74. The number of fused-ring (bicyclic) bond motifs is 1. The second-order valence-corrected chi connectivity index (χ2v) is 6.26. The highest BCUT2D eigenvalue weighted by Crippen LogP contribution is 2.37. The Morgan fingerprint density at radius 1 is 1.14 bits per heavy atom. The molecule has 1 aliphatic rings. The minimum Gasteiger partial charge on any atom is -0.454 e. The summed E-state index contributed by atoms with van der Waals surface area (Å²) in [6, 6.07) is 9.09. The fourth-order valence-corrected chi connectivity index (χ4v) is 2.89. The lowest BCUT2D eigenvalue weighted by Crippen LogP contribution is -2.13. The number of carbonyl (C=O) groups excluding carboxylic acids is 1. The highest BCUT2D eigenvalue weighted by atomic mass is 79.9. The fourth-order valence-electron chi connectivity index (χ4n) is 2.02. The average Bonchev–Trinajstić information content (AvgIpc) is 2.90. The van der Waals surface area contributed by atoms with Crippen LogP contribution >= 0.6 is 31.9 Å². The number of ether oxygens (including phenoxy) is 2. The molecule has 0 aliphatic carbocycles. The smallest absolute Gasteiger partial charge is 0.256 e. The number of halogens is 2. The predicted molar refractivity (Wildman–Crippen MR) is 87.1 cm³/mol. The zero-order valence-corrected chi connectivity index (χ0v) is 14.2. The van der Waals surface area contributed by atoms with Crippen molar-refractivity contribution in [3.63, 3.8) is 0 Å². The van der Waals surface area contributed by atoms with E-state index in [1.54, 1.807) is 12.1 Å². The molecule has 0 saturated heterocycles. The van der Waals surface area contributed by atoms with Crippen molar-refractivity contribution < 1.29 is 14.3 Å². The summed E-state index contributed by atoms with van der Waals surface area (Å²) in [6.45, 7) is 2.12. The van der Waals surface area contributed by atoms with Crippen LogP contribution in [0.3, 0.4) is 0 Å². The zero-order chi connectivity index (χ0) is 15.0. The van der Waals surface area contributed by atoms with E-state index in [-0.39, 0.29) is 12.7 Å². The lowest BCUT2D eigenvalue weighted by atomic mass is 10.1. The molecule has 1 N–H and O–H groups in total. The molecule has 0 atom stereocenters. The van der Waals surface area contributed by atoms with Gasteiger partial charge in [0.1, 0.15) is 0 Å². The normalized spacial score (nSPS) is 12.3. The monoisotopic (exact) mass is 411 g/mol. The summed E-state index contributed by atoms with van der Waals surface area (Å²) in [7, 11) is 0. The molecular weight excluding hydrogens is 402 g/mol. The number of amides is 1. The Kier molecular flexibility index (Phi) is 3.91. The summed E-state index contributed by atoms with van der Waals surface area (Å²) >= 11 is 6.84. The van der Waals surface area contributed by atoms with Crippen LogP contribution in [0.15, 0.2) is 39.3 Å². The number of carbonyl (C=O) groups is 1. The van der Waals surface area contributed by atoms with E-state index in [1.165, 1.54) is 0 Å². The summed E-state index contributed by atoms with van der Waals surface area (Å²) in [4.78, 5) is 12.4. The van der Waals surface area contributed by atoms with Crippen LogP contribution in [-0.2, 0) is 0 Å². The topological polar surface area (TPSA) is 47.6 Å². The number of anilines is 1. The van der Waals surface area contributed by atoms with Crippen molar-refractivity contribution in [2.24, 2.45) is 0 Å². The first kappa shape index (κ1) is 14.4. The summed E-state index contributed by atoms with van der Waals surface area (Å²) in [6.07, 6.45) is 0. The molecular formula is C15H11Br2NO3. The van der Waals surface area contributed by atoms with Crippen molar-refractivity contribution in [2.45, 2.75) is 6.92 Å². The molecule has 0 fully saturated rings. The predicted octanol–water partition coefficient (Wildman–Crippen LogP) is 4.50. The molecule has 0 spiro atoms. The molecule has 4 nitrogen and oxygen atoms in total. The number of rotatable bonds is 2. The van der Waals surface area contributed by atoms with Crippen LogP contribution in [0.4, 0.5) is 5.69 Å². The summed E-state index contributed by atoms with van der Waals surface area (Å²) in [5.74, 6) is 1.01. The molecule has 2 aromatic rings. The first-order valence-corrected chi connectivity index (χ1v) is 7.80. The van der Waals surface area contributed by atoms with Gasteiger partial charge in [-0.15, -0.1) is 0 Å². The minimum atomic E-state index is -0.207. The minimum absolute atomic E-state index is 0.178. The largest absolute Gasteiger partial charge is 0.454 e. The van der Waals surface area contributed by atoms with Crippen LogP contribution < -0.4 is 14.8 Å². The van der Waals surface area contributed by atoms with Crippen molar-refractivity contribution in [3.05, 3.63) is 50.4 Å². The first-order valence-electron chi connectivity index (χ1n) is 6.22. The molecule has 0 saturated carbocycles. The van der Waals surface area contributed by atoms with Gasteiger partial charge >= 0.3 is 0 Å². The van der Waals surface area contributed by atoms with Crippen molar-refractivity contribution in [1.82, 2.24) is 0 Å².